The summed E-state index contributed by atoms with van der Waals surface area (Å²) in [4.78, 5) is 0. The van der Waals surface area contributed by atoms with Crippen LogP contribution >= 0.6 is 0 Å². The van der Waals surface area contributed by atoms with Gasteiger partial charge >= 0.3 is 0 Å². The molecular weight excluding hydrogens is 616 g/mol. The third-order valence-corrected chi connectivity index (χ3v) is 9.14. The molecule has 0 radical (unpaired) electrons. The topological polar surface area (TPSA) is 61.0 Å². The monoisotopic (exact) mass is 650 g/mol. The Morgan fingerprint density at radius 3 is 1.00 bits per heavy atom. The molecule has 14 heteroatoms. The average molecular weight is 651 g/mol. The van der Waals surface area contributed by atoms with Crippen molar-refractivity contribution in [3.63, 3.8) is 0 Å². The number of rotatable bonds is 6. The third-order valence-electron chi connectivity index (χ3n) is 9.14. The molecule has 0 bridgehead atoms. The van der Waals surface area contributed by atoms with E-state index in [9.17, 15) is 17.6 Å². The molecule has 0 amide bonds. The number of hydrogen-bond donors (Lipinski definition) is 2. The van der Waals surface area contributed by atoms with Gasteiger partial charge in [-0.2, -0.15) is 0 Å². The van der Waals surface area contributed by atoms with E-state index in [2.05, 4.69) is 10.6 Å². The van der Waals surface area contributed by atoms with Gasteiger partial charge in [0, 0.05) is 12.1 Å². The lowest BCUT2D eigenvalue weighted by Crippen LogP contribution is -2.49. The van der Waals surface area contributed by atoms with Gasteiger partial charge in [0.15, 0.2) is 59.1 Å². The van der Waals surface area contributed by atoms with Gasteiger partial charge in [-0.3, -0.25) is 0 Å². The molecule has 2 aromatic rings. The minimum atomic E-state index is -1.82. The van der Waals surface area contributed by atoms with Crippen LogP contribution < -0.4 is 10.6 Å². The zero-order valence-corrected chi connectivity index (χ0v) is 24.4. The quantitative estimate of drug-likeness (QED) is 0.244. The normalized spacial score (nSPS) is 26.8. The van der Waals surface area contributed by atoms with E-state index in [-0.39, 0.29) is 38.5 Å². The van der Waals surface area contributed by atoms with Crippen molar-refractivity contribution >= 4 is 11.4 Å². The molecule has 0 aromatic heterocycles. The second kappa shape index (κ2) is 13.2. The van der Waals surface area contributed by atoms with Crippen molar-refractivity contribution in [3.8, 4) is 0 Å². The molecule has 6 nitrogen and oxygen atoms in total. The van der Waals surface area contributed by atoms with Crippen LogP contribution in [0.1, 0.15) is 87.9 Å². The van der Waals surface area contributed by atoms with Crippen LogP contribution in [0.2, 0.25) is 0 Å². The summed E-state index contributed by atoms with van der Waals surface area (Å²) in [5, 5.41) is 5.16. The fourth-order valence-corrected chi connectivity index (χ4v) is 6.56. The van der Waals surface area contributed by atoms with Gasteiger partial charge in [-0.15, -0.1) is 0 Å². The molecule has 45 heavy (non-hydrogen) atoms. The van der Waals surface area contributed by atoms with Crippen molar-refractivity contribution in [2.75, 3.05) is 37.1 Å². The largest absolute Gasteiger partial charge is 0.377 e. The van der Waals surface area contributed by atoms with Crippen LogP contribution in [-0.4, -0.2) is 38.5 Å². The SMILES string of the molecule is Fc1c(F)c(C2OCC3(CO2)COC(c2c(F)c(F)c(NC4CCCCC4)c(F)c2F)OC3)c(F)c(F)c1NC1CCCCC1. The molecule has 1 spiro atoms. The van der Waals surface area contributed by atoms with Gasteiger partial charge in [-0.25, -0.2) is 35.1 Å². The molecular formula is C31H34F8N2O4. The van der Waals surface area contributed by atoms with E-state index >= 15 is 17.6 Å². The molecule has 2 aromatic carbocycles. The maximum Gasteiger partial charge on any atom is 0.189 e. The van der Waals surface area contributed by atoms with E-state index < -0.39 is 87.0 Å². The molecule has 2 saturated heterocycles. The van der Waals surface area contributed by atoms with Crippen LogP contribution in [0, 0.1) is 52.0 Å². The Morgan fingerprint density at radius 1 is 0.422 bits per heavy atom. The summed E-state index contributed by atoms with van der Waals surface area (Å²) in [6.45, 7) is -1.42. The van der Waals surface area contributed by atoms with Crippen molar-refractivity contribution in [2.45, 2.75) is 88.9 Å². The second-order valence-electron chi connectivity index (χ2n) is 12.5. The highest BCUT2D eigenvalue weighted by Gasteiger charge is 2.46. The standard InChI is InChI=1S/C31H34F8N2O4/c32-19-17(20(33)24(37)27(23(19)36)40-15-7-3-1-4-8-15)29-42-11-31(12-43-29)13-44-30(45-14-31)18-21(34)25(38)28(26(39)22(18)35)41-16-9-5-2-6-10-16/h15-16,29-30,40-41H,1-14H2. The van der Waals surface area contributed by atoms with Gasteiger partial charge in [-0.1, -0.05) is 38.5 Å². The van der Waals surface area contributed by atoms with E-state index in [4.69, 9.17) is 18.9 Å². The van der Waals surface area contributed by atoms with Crippen molar-refractivity contribution in [2.24, 2.45) is 5.41 Å². The van der Waals surface area contributed by atoms with Gasteiger partial charge in [0.2, 0.25) is 0 Å². The summed E-state index contributed by atoms with van der Waals surface area (Å²) in [6.07, 6.45) is 4.04. The summed E-state index contributed by atoms with van der Waals surface area (Å²) in [5.41, 5.74) is -5.11. The molecule has 2 heterocycles. The highest BCUT2D eigenvalue weighted by molar-refractivity contribution is 5.51. The third kappa shape index (κ3) is 6.22. The van der Waals surface area contributed by atoms with Crippen molar-refractivity contribution in [3.05, 3.63) is 57.7 Å². The Labute approximate surface area is 254 Å². The fraction of sp³-hybridized carbons (Fsp3) is 0.613. The van der Waals surface area contributed by atoms with E-state index in [1.54, 1.807) is 0 Å². The summed E-state index contributed by atoms with van der Waals surface area (Å²) in [6, 6.07) is -0.647. The van der Waals surface area contributed by atoms with Crippen LogP contribution in [-0.2, 0) is 18.9 Å². The summed E-state index contributed by atoms with van der Waals surface area (Å²) < 4.78 is 142. The maximum atomic E-state index is 15.0. The molecule has 2 aliphatic heterocycles. The van der Waals surface area contributed by atoms with Crippen molar-refractivity contribution < 1.29 is 54.1 Å². The molecule has 2 saturated carbocycles. The number of nitrogens with one attached hydrogen (secondary N) is 2. The minimum Gasteiger partial charge on any atom is -0.377 e. The number of halogens is 8. The first-order chi connectivity index (χ1) is 21.6. The Bertz CT molecular complexity index is 1230. The predicted molar refractivity (Wildman–Crippen MR) is 145 cm³/mol. The molecule has 0 unspecified atom stereocenters. The lowest BCUT2D eigenvalue weighted by molar-refractivity contribution is -0.309. The first-order valence-electron chi connectivity index (χ1n) is 15.3. The molecule has 4 aliphatic rings. The van der Waals surface area contributed by atoms with Crippen molar-refractivity contribution in [1.29, 1.82) is 0 Å². The molecule has 248 valence electrons. The highest BCUT2D eigenvalue weighted by Crippen LogP contribution is 2.43. The molecule has 2 N–H and O–H groups in total. The molecule has 0 atom stereocenters. The second-order valence-corrected chi connectivity index (χ2v) is 12.5. The smallest absolute Gasteiger partial charge is 0.189 e. The van der Waals surface area contributed by atoms with Gasteiger partial charge in [-0.05, 0) is 25.7 Å². The Morgan fingerprint density at radius 2 is 0.711 bits per heavy atom. The van der Waals surface area contributed by atoms with Gasteiger partial charge in [0.1, 0.15) is 11.4 Å². The molecule has 2 aliphatic carbocycles. The number of benzene rings is 2. The zero-order chi connectivity index (χ0) is 31.9. The van der Waals surface area contributed by atoms with Crippen LogP contribution in [0.4, 0.5) is 46.5 Å². The number of anilines is 2. The predicted octanol–water partition coefficient (Wildman–Crippen LogP) is 8.07. The summed E-state index contributed by atoms with van der Waals surface area (Å²) in [7, 11) is 0. The van der Waals surface area contributed by atoms with E-state index in [1.807, 2.05) is 0 Å². The van der Waals surface area contributed by atoms with E-state index in [1.165, 1.54) is 0 Å². The summed E-state index contributed by atoms with van der Waals surface area (Å²) in [5.74, 6) is -13.1. The van der Waals surface area contributed by atoms with E-state index in [0.717, 1.165) is 38.5 Å². The minimum absolute atomic E-state index is 0.323. The van der Waals surface area contributed by atoms with E-state index in [0.29, 0.717) is 25.7 Å². The van der Waals surface area contributed by atoms with Crippen LogP contribution in [0.5, 0.6) is 0 Å². The summed E-state index contributed by atoms with van der Waals surface area (Å²) >= 11 is 0. The maximum absolute atomic E-state index is 15.0. The first-order valence-corrected chi connectivity index (χ1v) is 15.3. The Balaban J connectivity index is 1.12. The number of hydrogen-bond acceptors (Lipinski definition) is 6. The van der Waals surface area contributed by atoms with Gasteiger partial charge < -0.3 is 29.6 Å². The molecule has 6 rings (SSSR count). The van der Waals surface area contributed by atoms with Gasteiger partial charge in [0.05, 0.1) is 43.0 Å². The van der Waals surface area contributed by atoms with Crippen LogP contribution in [0.3, 0.4) is 0 Å². The first kappa shape index (κ1) is 32.3. The van der Waals surface area contributed by atoms with Crippen LogP contribution in [0.25, 0.3) is 0 Å². The van der Waals surface area contributed by atoms with Gasteiger partial charge in [0.25, 0.3) is 0 Å². The van der Waals surface area contributed by atoms with Crippen molar-refractivity contribution in [1.82, 2.24) is 0 Å². The molecule has 4 fully saturated rings. The Hall–Kier alpha value is -2.68. The highest BCUT2D eigenvalue weighted by atomic mass is 19.2. The lowest BCUT2D eigenvalue weighted by atomic mass is 9.90. The van der Waals surface area contributed by atoms with Crippen LogP contribution in [0.15, 0.2) is 0 Å². The number of ether oxygens (including phenoxy) is 4. The average Bonchev–Trinajstić information content (AvgIpc) is 3.06. The lowest BCUT2D eigenvalue weighted by Gasteiger charge is -2.43. The Kier molecular flexibility index (Phi) is 9.47. The fourth-order valence-electron chi connectivity index (χ4n) is 6.56. The zero-order valence-electron chi connectivity index (χ0n) is 24.4.